The van der Waals surface area contributed by atoms with Crippen LogP contribution in [-0.4, -0.2) is 61.2 Å². The van der Waals surface area contributed by atoms with Crippen LogP contribution in [0.2, 0.25) is 5.02 Å². The average Bonchev–Trinajstić information content (AvgIpc) is 2.76. The molecule has 0 spiro atoms. The molecule has 0 atom stereocenters. The molecule has 2 fully saturated rings. The lowest BCUT2D eigenvalue weighted by Gasteiger charge is -2.34. The van der Waals surface area contributed by atoms with E-state index in [-0.39, 0.29) is 5.91 Å². The number of morpholine rings is 1. The molecule has 1 N–H and O–H groups in total. The maximum absolute atomic E-state index is 12.6. The highest BCUT2D eigenvalue weighted by molar-refractivity contribution is 6.33. The van der Waals surface area contributed by atoms with Gasteiger partial charge in [-0.3, -0.25) is 4.79 Å². The fourth-order valence-corrected chi connectivity index (χ4v) is 3.95. The van der Waals surface area contributed by atoms with Crippen LogP contribution < -0.4 is 10.2 Å². The molecule has 2 saturated heterocycles. The number of nitrogens with one attached hydrogen (secondary N) is 1. The van der Waals surface area contributed by atoms with E-state index in [0.29, 0.717) is 48.7 Å². The van der Waals surface area contributed by atoms with Gasteiger partial charge in [0.1, 0.15) is 5.82 Å². The normalized spacial score (nSPS) is 18.2. The Balaban J connectivity index is 1.34. The molecule has 6 nitrogen and oxygen atoms in total. The number of carbonyl (C=O) groups excluding carboxylic acids is 1. The number of ether oxygens (including phenoxy) is 1. The molecule has 1 aromatic heterocycles. The quantitative estimate of drug-likeness (QED) is 0.853. The van der Waals surface area contributed by atoms with Crippen molar-refractivity contribution in [3.63, 3.8) is 0 Å². The highest BCUT2D eigenvalue weighted by Gasteiger charge is 2.22. The molecule has 0 bridgehead atoms. The second-order valence-corrected chi connectivity index (χ2v) is 7.61. The summed E-state index contributed by atoms with van der Waals surface area (Å²) in [4.78, 5) is 21.2. The molecular weight excluding hydrogens is 376 g/mol. The molecule has 2 aliphatic rings. The van der Waals surface area contributed by atoms with E-state index in [4.69, 9.17) is 16.3 Å². The SMILES string of the molecule is O=C(c1cnc(NC2CCN(c3ccccc3)CC2)c(Cl)c1)N1CCOCC1. The molecule has 2 aliphatic heterocycles. The minimum Gasteiger partial charge on any atom is -0.378 e. The Hall–Kier alpha value is -2.31. The largest absolute Gasteiger partial charge is 0.378 e. The number of para-hydroxylation sites is 1. The Labute approximate surface area is 170 Å². The van der Waals surface area contributed by atoms with E-state index in [1.54, 1.807) is 17.2 Å². The summed E-state index contributed by atoms with van der Waals surface area (Å²) < 4.78 is 5.30. The summed E-state index contributed by atoms with van der Waals surface area (Å²) in [5.74, 6) is 0.610. The zero-order valence-corrected chi connectivity index (χ0v) is 16.6. The second kappa shape index (κ2) is 8.80. The number of anilines is 2. The van der Waals surface area contributed by atoms with Crippen LogP contribution in [0.1, 0.15) is 23.2 Å². The minimum atomic E-state index is -0.0413. The van der Waals surface area contributed by atoms with Crippen molar-refractivity contribution >= 4 is 29.0 Å². The van der Waals surface area contributed by atoms with Gasteiger partial charge in [0.05, 0.1) is 23.8 Å². The summed E-state index contributed by atoms with van der Waals surface area (Å²) in [5.41, 5.74) is 1.79. The van der Waals surface area contributed by atoms with Crippen molar-refractivity contribution < 1.29 is 9.53 Å². The van der Waals surface area contributed by atoms with Gasteiger partial charge in [0.15, 0.2) is 0 Å². The standard InChI is InChI=1S/C21H25ClN4O2/c22-19-14-16(21(27)26-10-12-28-13-11-26)15-23-20(19)24-17-6-8-25(9-7-17)18-4-2-1-3-5-18/h1-5,14-15,17H,6-13H2,(H,23,24). The Morgan fingerprint density at radius 3 is 2.50 bits per heavy atom. The van der Waals surface area contributed by atoms with E-state index in [1.807, 2.05) is 6.07 Å². The molecule has 7 heteroatoms. The lowest BCUT2D eigenvalue weighted by atomic mass is 10.0. The molecule has 0 radical (unpaired) electrons. The van der Waals surface area contributed by atoms with E-state index in [1.165, 1.54) is 5.69 Å². The van der Waals surface area contributed by atoms with Crippen LogP contribution in [0.5, 0.6) is 0 Å². The molecule has 1 aromatic carbocycles. The Bertz CT molecular complexity index is 803. The number of piperidine rings is 1. The van der Waals surface area contributed by atoms with Gasteiger partial charge in [0, 0.05) is 44.1 Å². The van der Waals surface area contributed by atoms with Crippen LogP contribution in [0.4, 0.5) is 11.5 Å². The van der Waals surface area contributed by atoms with Gasteiger partial charge in [-0.1, -0.05) is 29.8 Å². The van der Waals surface area contributed by atoms with Gasteiger partial charge in [-0.25, -0.2) is 4.98 Å². The van der Waals surface area contributed by atoms with Crippen LogP contribution in [0.25, 0.3) is 0 Å². The van der Waals surface area contributed by atoms with Crippen molar-refractivity contribution in [2.24, 2.45) is 0 Å². The maximum Gasteiger partial charge on any atom is 0.255 e. The monoisotopic (exact) mass is 400 g/mol. The number of nitrogens with zero attached hydrogens (tertiary/aromatic N) is 3. The van der Waals surface area contributed by atoms with E-state index < -0.39 is 0 Å². The number of pyridine rings is 1. The van der Waals surface area contributed by atoms with Crippen molar-refractivity contribution in [3.8, 4) is 0 Å². The molecule has 4 rings (SSSR count). The van der Waals surface area contributed by atoms with Gasteiger partial charge in [-0.05, 0) is 31.0 Å². The van der Waals surface area contributed by atoms with Crippen LogP contribution in [0, 0.1) is 0 Å². The number of carbonyl (C=O) groups is 1. The van der Waals surface area contributed by atoms with Crippen LogP contribution in [0.3, 0.4) is 0 Å². The number of rotatable bonds is 4. The van der Waals surface area contributed by atoms with Gasteiger partial charge in [0.2, 0.25) is 0 Å². The summed E-state index contributed by atoms with van der Waals surface area (Å²) in [6.45, 7) is 4.36. The first kappa shape index (κ1) is 19.0. The summed E-state index contributed by atoms with van der Waals surface area (Å²) in [5, 5.41) is 3.94. The van der Waals surface area contributed by atoms with E-state index in [0.717, 1.165) is 25.9 Å². The third-order valence-corrected chi connectivity index (χ3v) is 5.63. The molecule has 0 saturated carbocycles. The number of hydrogen-bond donors (Lipinski definition) is 1. The van der Waals surface area contributed by atoms with Gasteiger partial charge in [-0.15, -0.1) is 0 Å². The fourth-order valence-electron chi connectivity index (χ4n) is 3.72. The number of halogens is 1. The summed E-state index contributed by atoms with van der Waals surface area (Å²) in [7, 11) is 0. The molecule has 1 amide bonds. The first-order valence-electron chi connectivity index (χ1n) is 9.80. The molecule has 28 heavy (non-hydrogen) atoms. The van der Waals surface area contributed by atoms with Gasteiger partial charge >= 0.3 is 0 Å². The van der Waals surface area contributed by atoms with E-state index in [9.17, 15) is 4.79 Å². The first-order chi connectivity index (χ1) is 13.7. The number of benzene rings is 1. The van der Waals surface area contributed by atoms with Gasteiger partial charge in [0.25, 0.3) is 5.91 Å². The Kier molecular flexibility index (Phi) is 5.98. The zero-order chi connectivity index (χ0) is 19.3. The maximum atomic E-state index is 12.6. The van der Waals surface area contributed by atoms with Gasteiger partial charge < -0.3 is 19.9 Å². The van der Waals surface area contributed by atoms with E-state index in [2.05, 4.69) is 39.5 Å². The van der Waals surface area contributed by atoms with E-state index >= 15 is 0 Å². The van der Waals surface area contributed by atoms with Crippen LogP contribution in [-0.2, 0) is 4.74 Å². The lowest BCUT2D eigenvalue weighted by Crippen LogP contribution is -2.40. The van der Waals surface area contributed by atoms with Crippen molar-refractivity contribution in [2.75, 3.05) is 49.6 Å². The molecular formula is C21H25ClN4O2. The summed E-state index contributed by atoms with van der Waals surface area (Å²) in [6.07, 6.45) is 3.65. The topological polar surface area (TPSA) is 57.7 Å². The molecule has 0 aliphatic carbocycles. The zero-order valence-electron chi connectivity index (χ0n) is 15.8. The highest BCUT2D eigenvalue weighted by atomic mass is 35.5. The highest BCUT2D eigenvalue weighted by Crippen LogP contribution is 2.25. The lowest BCUT2D eigenvalue weighted by molar-refractivity contribution is 0.0302. The molecule has 0 unspecified atom stereocenters. The summed E-state index contributed by atoms with van der Waals surface area (Å²) in [6, 6.07) is 12.5. The Morgan fingerprint density at radius 1 is 1.11 bits per heavy atom. The first-order valence-corrected chi connectivity index (χ1v) is 10.2. The molecule has 3 heterocycles. The summed E-state index contributed by atoms with van der Waals surface area (Å²) >= 11 is 6.43. The average molecular weight is 401 g/mol. The fraction of sp³-hybridized carbons (Fsp3) is 0.429. The minimum absolute atomic E-state index is 0.0413. The number of hydrogen-bond acceptors (Lipinski definition) is 5. The van der Waals surface area contributed by atoms with Crippen LogP contribution >= 0.6 is 11.6 Å². The number of aromatic nitrogens is 1. The van der Waals surface area contributed by atoms with Crippen molar-refractivity contribution in [1.29, 1.82) is 0 Å². The van der Waals surface area contributed by atoms with Crippen molar-refractivity contribution in [3.05, 3.63) is 53.2 Å². The van der Waals surface area contributed by atoms with Gasteiger partial charge in [-0.2, -0.15) is 0 Å². The molecule has 2 aromatic rings. The third-order valence-electron chi connectivity index (χ3n) is 5.34. The third kappa shape index (κ3) is 4.39. The van der Waals surface area contributed by atoms with Crippen molar-refractivity contribution in [1.82, 2.24) is 9.88 Å². The Morgan fingerprint density at radius 2 is 1.82 bits per heavy atom. The number of amides is 1. The van der Waals surface area contributed by atoms with Crippen molar-refractivity contribution in [2.45, 2.75) is 18.9 Å². The van der Waals surface area contributed by atoms with Crippen LogP contribution in [0.15, 0.2) is 42.6 Å². The predicted molar refractivity (Wildman–Crippen MR) is 111 cm³/mol. The second-order valence-electron chi connectivity index (χ2n) is 7.20. The molecule has 148 valence electrons. The smallest absolute Gasteiger partial charge is 0.255 e. The predicted octanol–water partition coefficient (Wildman–Crippen LogP) is 3.29.